The largest absolute Gasteiger partial charge is 0.472 e. The minimum Gasteiger partial charge on any atom is -0.394 e. The second-order valence-electron chi connectivity index (χ2n) is 9.66. The highest BCUT2D eigenvalue weighted by Crippen LogP contribution is 2.50. The molecule has 2 fully saturated rings. The molecule has 0 saturated carbocycles. The second-order valence-corrected chi connectivity index (χ2v) is 11.1. The number of nitrogen functional groups attached to an aromatic ring is 4. The molecule has 22 nitrogen and oxygen atoms in total. The van der Waals surface area contributed by atoms with Crippen molar-refractivity contribution < 1.29 is 48.4 Å². The summed E-state index contributed by atoms with van der Waals surface area (Å²) in [4.78, 5) is 34.5. The molecule has 2 aliphatic rings. The monoisotopic (exact) mass is 626 g/mol. The fourth-order valence-corrected chi connectivity index (χ4v) is 5.94. The topological polar surface area (TPSA) is 346 Å². The molecular weight excluding hydrogens is 599 g/mol. The van der Waals surface area contributed by atoms with Crippen LogP contribution in [0.3, 0.4) is 0 Å². The van der Waals surface area contributed by atoms with E-state index >= 15 is 0 Å². The van der Waals surface area contributed by atoms with Crippen LogP contribution in [0.2, 0.25) is 0 Å². The molecule has 0 aromatic carbocycles. The molecule has 6 rings (SSSR count). The maximum atomic E-state index is 13.1. The number of fused-ring (bicyclic) bond motifs is 2. The van der Waals surface area contributed by atoms with Crippen molar-refractivity contribution >= 4 is 53.7 Å². The van der Waals surface area contributed by atoms with Crippen molar-refractivity contribution in [3.63, 3.8) is 0 Å². The number of nitrogens with two attached hydrogens (primary N) is 4. The summed E-state index contributed by atoms with van der Waals surface area (Å²) in [6, 6.07) is 0. The summed E-state index contributed by atoms with van der Waals surface area (Å²) >= 11 is 0. The van der Waals surface area contributed by atoms with E-state index in [1.165, 1.54) is 4.57 Å². The number of aliphatic hydroxyl groups is 4. The zero-order chi connectivity index (χ0) is 30.8. The van der Waals surface area contributed by atoms with Crippen LogP contribution in [-0.4, -0.2) is 114 Å². The maximum Gasteiger partial charge on any atom is 0.472 e. The molecule has 2 aliphatic heterocycles. The number of phosphoric acid groups is 1. The number of aromatic nitrogens is 8. The first-order chi connectivity index (χ1) is 20.4. The highest BCUT2D eigenvalue weighted by Gasteiger charge is 2.51. The minimum atomic E-state index is -5.08. The lowest BCUT2D eigenvalue weighted by Gasteiger charge is -2.25. The van der Waals surface area contributed by atoms with Gasteiger partial charge in [0.1, 0.15) is 49.3 Å². The molecule has 2 saturated heterocycles. The Morgan fingerprint density at radius 1 is 0.814 bits per heavy atom. The van der Waals surface area contributed by atoms with Gasteiger partial charge in [-0.2, -0.15) is 0 Å². The molecule has 0 radical (unpaired) electrons. The van der Waals surface area contributed by atoms with Gasteiger partial charge in [-0.1, -0.05) is 0 Å². The Balaban J connectivity index is 1.20. The zero-order valence-electron chi connectivity index (χ0n) is 21.8. The quantitative estimate of drug-likeness (QED) is 0.0851. The Morgan fingerprint density at radius 2 is 1.35 bits per heavy atom. The third-order valence-electron chi connectivity index (χ3n) is 7.06. The Hall–Kier alpha value is -3.83. The molecule has 9 unspecified atom stereocenters. The van der Waals surface area contributed by atoms with E-state index in [0.717, 1.165) is 17.2 Å². The number of ether oxygens (including phenoxy) is 2. The average molecular weight is 626 g/mol. The average Bonchev–Trinajstić information content (AvgIpc) is 3.65. The van der Waals surface area contributed by atoms with E-state index in [-0.39, 0.29) is 45.9 Å². The van der Waals surface area contributed by atoms with Crippen LogP contribution >= 0.6 is 7.82 Å². The number of hydrogen-bond acceptors (Lipinski definition) is 19. The Kier molecular flexibility index (Phi) is 7.29. The van der Waals surface area contributed by atoms with Crippen LogP contribution in [0.4, 0.5) is 23.5 Å². The van der Waals surface area contributed by atoms with Crippen LogP contribution in [0.5, 0.6) is 0 Å². The number of phosphoric ester groups is 1. The lowest BCUT2D eigenvalue weighted by Crippen LogP contribution is -2.36. The van der Waals surface area contributed by atoms with Crippen LogP contribution in [0.25, 0.3) is 22.3 Å². The van der Waals surface area contributed by atoms with E-state index in [9.17, 15) is 29.9 Å². The van der Waals surface area contributed by atoms with Crippen LogP contribution in [-0.2, 0) is 23.1 Å². The van der Waals surface area contributed by atoms with Crippen molar-refractivity contribution in [2.45, 2.75) is 49.1 Å². The molecule has 0 aliphatic carbocycles. The van der Waals surface area contributed by atoms with E-state index in [2.05, 4.69) is 29.9 Å². The van der Waals surface area contributed by atoms with Crippen LogP contribution in [0.15, 0.2) is 12.7 Å². The first kappa shape index (κ1) is 29.3. The van der Waals surface area contributed by atoms with Gasteiger partial charge in [-0.25, -0.2) is 34.5 Å². The summed E-state index contributed by atoms with van der Waals surface area (Å²) in [6.45, 7) is -1.47. The van der Waals surface area contributed by atoms with Crippen molar-refractivity contribution in [3.8, 4) is 0 Å². The van der Waals surface area contributed by atoms with Gasteiger partial charge in [0.15, 0.2) is 46.4 Å². The van der Waals surface area contributed by atoms with Gasteiger partial charge < -0.3 is 57.7 Å². The summed E-state index contributed by atoms with van der Waals surface area (Å²) in [6.07, 6.45) is -9.68. The maximum absolute atomic E-state index is 13.1. The SMILES string of the molecule is Nc1ncnc2c1nc(N)n2C1OC(COP(=O)(O)OC2C(O)C(CO)OC2n2c(N)nc3c(N)ncnc32)C(O)C1O. The van der Waals surface area contributed by atoms with E-state index in [1.54, 1.807) is 0 Å². The van der Waals surface area contributed by atoms with E-state index in [0.29, 0.717) is 0 Å². The van der Waals surface area contributed by atoms with Crippen LogP contribution in [0, 0.1) is 0 Å². The van der Waals surface area contributed by atoms with Crippen molar-refractivity contribution in [2.24, 2.45) is 0 Å². The minimum absolute atomic E-state index is 0.0155. The highest BCUT2D eigenvalue weighted by atomic mass is 31.2. The molecule has 0 bridgehead atoms. The molecule has 0 amide bonds. The number of aliphatic hydroxyl groups excluding tert-OH is 4. The predicted octanol–water partition coefficient (Wildman–Crippen LogP) is -3.63. The van der Waals surface area contributed by atoms with Crippen molar-refractivity contribution in [1.29, 1.82) is 0 Å². The Morgan fingerprint density at radius 3 is 1.91 bits per heavy atom. The van der Waals surface area contributed by atoms with Gasteiger partial charge in [0, 0.05) is 0 Å². The van der Waals surface area contributed by atoms with Crippen molar-refractivity contribution in [2.75, 3.05) is 36.1 Å². The van der Waals surface area contributed by atoms with Crippen molar-refractivity contribution in [1.82, 2.24) is 39.0 Å². The Labute approximate surface area is 239 Å². The first-order valence-electron chi connectivity index (χ1n) is 12.5. The van der Waals surface area contributed by atoms with Gasteiger partial charge in [0.05, 0.1) is 13.2 Å². The number of hydrogen-bond donors (Lipinski definition) is 9. The number of rotatable bonds is 8. The molecule has 4 aromatic rings. The summed E-state index contributed by atoms with van der Waals surface area (Å²) in [5.41, 5.74) is 24.0. The smallest absolute Gasteiger partial charge is 0.394 e. The first-order valence-corrected chi connectivity index (χ1v) is 14.0. The third-order valence-corrected chi connectivity index (χ3v) is 8.05. The molecule has 6 heterocycles. The summed E-state index contributed by atoms with van der Waals surface area (Å²) in [5, 5.41) is 41.8. The molecule has 0 spiro atoms. The number of nitrogens with zero attached hydrogens (tertiary/aromatic N) is 8. The molecule has 23 heteroatoms. The molecular formula is C20H27N12O10P. The van der Waals surface area contributed by atoms with E-state index in [4.69, 9.17) is 41.5 Å². The third kappa shape index (κ3) is 4.88. The van der Waals surface area contributed by atoms with Gasteiger partial charge in [-0.3, -0.25) is 18.2 Å². The lowest BCUT2D eigenvalue weighted by atomic mass is 10.1. The zero-order valence-corrected chi connectivity index (χ0v) is 22.7. The van der Waals surface area contributed by atoms with E-state index in [1.807, 2.05) is 0 Å². The molecule has 232 valence electrons. The number of imidazole rings is 2. The number of anilines is 4. The normalized spacial score (nSPS) is 30.8. The fourth-order valence-electron chi connectivity index (χ4n) is 5.01. The van der Waals surface area contributed by atoms with Gasteiger partial charge in [0.25, 0.3) is 0 Å². The van der Waals surface area contributed by atoms with Crippen LogP contribution in [0.1, 0.15) is 12.5 Å². The molecule has 9 atom stereocenters. The molecule has 43 heavy (non-hydrogen) atoms. The fraction of sp³-hybridized carbons (Fsp3) is 0.500. The van der Waals surface area contributed by atoms with Gasteiger partial charge in [0.2, 0.25) is 11.9 Å². The lowest BCUT2D eigenvalue weighted by molar-refractivity contribution is -0.0606. The van der Waals surface area contributed by atoms with Crippen LogP contribution < -0.4 is 22.9 Å². The standard InChI is InChI=1S/C20H27N12O10P/c21-13-7-15(27-3-25-13)31(19(23)29-7)17-11(36)9(34)6(41-17)2-39-43(37,38)42-12-10(35)5(1-33)40-18(12)32-16-8(30-20(32)24)14(22)26-4-28-16/h3-6,9-12,17-18,33-36H,1-2H2,(H2,23,29)(H2,24,30)(H,37,38)(H2,21,25,27)(H2,22,26,28). The summed E-state index contributed by atoms with van der Waals surface area (Å²) in [7, 11) is -5.08. The highest BCUT2D eigenvalue weighted by molar-refractivity contribution is 7.47. The second kappa shape index (κ2) is 10.7. The Bertz CT molecular complexity index is 1720. The molecule has 13 N–H and O–H groups in total. The molecule has 4 aromatic heterocycles. The predicted molar refractivity (Wildman–Crippen MR) is 142 cm³/mol. The summed E-state index contributed by atoms with van der Waals surface area (Å²) < 4.78 is 37.1. The van der Waals surface area contributed by atoms with Gasteiger partial charge in [-0.05, 0) is 0 Å². The van der Waals surface area contributed by atoms with Crippen molar-refractivity contribution in [3.05, 3.63) is 12.7 Å². The van der Waals surface area contributed by atoms with E-state index < -0.39 is 70.1 Å². The van der Waals surface area contributed by atoms with Gasteiger partial charge in [-0.15, -0.1) is 0 Å². The summed E-state index contributed by atoms with van der Waals surface area (Å²) in [5.74, 6) is -0.364. The van der Waals surface area contributed by atoms with Gasteiger partial charge >= 0.3 is 7.82 Å².